The molecule has 0 saturated carbocycles. The van der Waals surface area contributed by atoms with E-state index in [-0.39, 0.29) is 19.6 Å². The molecule has 0 aromatic heterocycles. The second-order valence-electron chi connectivity index (χ2n) is 7.31. The Morgan fingerprint density at radius 1 is 0.679 bits per heavy atom. The molecule has 0 spiro atoms. The van der Waals surface area contributed by atoms with Gasteiger partial charge in [0.15, 0.2) is 0 Å². The van der Waals surface area contributed by atoms with Gasteiger partial charge in [-0.1, -0.05) is 71.1 Å². The molecule has 6 heteroatoms. The van der Waals surface area contributed by atoms with Crippen LogP contribution in [0.4, 0.5) is 0 Å². The van der Waals surface area contributed by atoms with Gasteiger partial charge >= 0.3 is 11.9 Å². The van der Waals surface area contributed by atoms with E-state index in [1.165, 1.54) is 51.9 Å². The van der Waals surface area contributed by atoms with E-state index in [1.54, 1.807) is 13.8 Å². The maximum Gasteiger partial charge on any atom is 0.343 e. The smallest absolute Gasteiger partial charge is 0.343 e. The SMILES string of the molecule is CCCCCCCCCCCCCC(NC(C)=O)(C(=O)OCC)C(=O)OCC. The Kier molecular flexibility index (Phi) is 15.4. The van der Waals surface area contributed by atoms with Gasteiger partial charge in [-0.2, -0.15) is 0 Å². The zero-order valence-corrected chi connectivity index (χ0v) is 18.4. The minimum Gasteiger partial charge on any atom is -0.464 e. The molecule has 0 aliphatic heterocycles. The van der Waals surface area contributed by atoms with Gasteiger partial charge in [-0.3, -0.25) is 4.79 Å². The first-order valence-corrected chi connectivity index (χ1v) is 11.1. The molecular formula is C22H41NO5. The number of hydrogen-bond acceptors (Lipinski definition) is 5. The van der Waals surface area contributed by atoms with Crippen molar-refractivity contribution >= 4 is 17.8 Å². The van der Waals surface area contributed by atoms with Crippen molar-refractivity contribution in [2.45, 2.75) is 110 Å². The molecule has 0 heterocycles. The number of ether oxygens (including phenoxy) is 2. The predicted molar refractivity (Wildman–Crippen MR) is 111 cm³/mol. The monoisotopic (exact) mass is 399 g/mol. The zero-order chi connectivity index (χ0) is 21.3. The van der Waals surface area contributed by atoms with Crippen LogP contribution in [0.25, 0.3) is 0 Å². The molecule has 0 aromatic rings. The van der Waals surface area contributed by atoms with Crippen molar-refractivity contribution in [2.24, 2.45) is 0 Å². The Morgan fingerprint density at radius 3 is 1.43 bits per heavy atom. The highest BCUT2D eigenvalue weighted by Crippen LogP contribution is 2.21. The molecule has 6 nitrogen and oxygen atoms in total. The van der Waals surface area contributed by atoms with Gasteiger partial charge in [-0.25, -0.2) is 9.59 Å². The number of hydrogen-bond donors (Lipinski definition) is 1. The highest BCUT2D eigenvalue weighted by Gasteiger charge is 2.49. The van der Waals surface area contributed by atoms with Gasteiger partial charge in [-0.15, -0.1) is 0 Å². The Hall–Kier alpha value is -1.59. The molecular weight excluding hydrogens is 358 g/mol. The summed E-state index contributed by atoms with van der Waals surface area (Å²) < 4.78 is 10.1. The van der Waals surface area contributed by atoms with Crippen LogP contribution in [-0.4, -0.2) is 36.6 Å². The number of amides is 1. The Bertz CT molecular complexity index is 432. The van der Waals surface area contributed by atoms with Crippen LogP contribution in [0, 0.1) is 0 Å². The first kappa shape index (κ1) is 26.4. The molecule has 28 heavy (non-hydrogen) atoms. The summed E-state index contributed by atoms with van der Waals surface area (Å²) in [4.78, 5) is 36.6. The minimum atomic E-state index is -1.74. The molecule has 0 rings (SSSR count). The van der Waals surface area contributed by atoms with Crippen LogP contribution < -0.4 is 5.32 Å². The second kappa shape index (κ2) is 16.4. The molecule has 0 aliphatic rings. The molecule has 0 aliphatic carbocycles. The average molecular weight is 400 g/mol. The van der Waals surface area contributed by atoms with Gasteiger partial charge < -0.3 is 14.8 Å². The highest BCUT2D eigenvalue weighted by atomic mass is 16.6. The number of carbonyl (C=O) groups is 3. The van der Waals surface area contributed by atoms with Crippen LogP contribution in [0.2, 0.25) is 0 Å². The lowest BCUT2D eigenvalue weighted by Crippen LogP contribution is -2.61. The lowest BCUT2D eigenvalue weighted by molar-refractivity contribution is -0.168. The fourth-order valence-electron chi connectivity index (χ4n) is 3.32. The highest BCUT2D eigenvalue weighted by molar-refractivity contribution is 6.07. The van der Waals surface area contributed by atoms with Crippen LogP contribution in [0.1, 0.15) is 105 Å². The quantitative estimate of drug-likeness (QED) is 0.218. The minimum absolute atomic E-state index is 0.137. The topological polar surface area (TPSA) is 81.7 Å². The predicted octanol–water partition coefficient (Wildman–Crippen LogP) is 4.69. The van der Waals surface area contributed by atoms with Crippen molar-refractivity contribution in [2.75, 3.05) is 13.2 Å². The lowest BCUT2D eigenvalue weighted by Gasteiger charge is -2.29. The van der Waals surface area contributed by atoms with Crippen LogP contribution >= 0.6 is 0 Å². The Labute approximate surface area is 171 Å². The molecule has 0 atom stereocenters. The number of rotatable bonds is 17. The van der Waals surface area contributed by atoms with E-state index in [0.717, 1.165) is 19.3 Å². The van der Waals surface area contributed by atoms with Crippen LogP contribution in [0.15, 0.2) is 0 Å². The van der Waals surface area contributed by atoms with E-state index in [0.29, 0.717) is 6.42 Å². The van der Waals surface area contributed by atoms with E-state index >= 15 is 0 Å². The molecule has 1 N–H and O–H groups in total. The standard InChI is InChI=1S/C22H41NO5/c1-5-8-9-10-11-12-13-14-15-16-17-18-22(23-19(4)24,20(25)27-6-2)21(26)28-7-3/h5-18H2,1-4H3,(H,23,24). The summed E-state index contributed by atoms with van der Waals surface area (Å²) in [7, 11) is 0. The third-order valence-corrected chi connectivity index (χ3v) is 4.79. The first-order chi connectivity index (χ1) is 13.4. The molecule has 164 valence electrons. The molecule has 0 bridgehead atoms. The molecule has 0 aromatic carbocycles. The Morgan fingerprint density at radius 2 is 1.07 bits per heavy atom. The maximum absolute atomic E-state index is 12.5. The van der Waals surface area contributed by atoms with E-state index in [4.69, 9.17) is 9.47 Å². The molecule has 1 amide bonds. The lowest BCUT2D eigenvalue weighted by atomic mass is 9.91. The number of unbranched alkanes of at least 4 members (excludes halogenated alkanes) is 10. The van der Waals surface area contributed by atoms with Crippen LogP contribution in [0.5, 0.6) is 0 Å². The van der Waals surface area contributed by atoms with Crippen molar-refractivity contribution in [1.29, 1.82) is 0 Å². The van der Waals surface area contributed by atoms with Gasteiger partial charge in [0.2, 0.25) is 11.4 Å². The van der Waals surface area contributed by atoms with Crippen LogP contribution in [-0.2, 0) is 23.9 Å². The summed E-state index contributed by atoms with van der Waals surface area (Å²) >= 11 is 0. The summed E-state index contributed by atoms with van der Waals surface area (Å²) in [5.74, 6) is -1.93. The molecule has 0 unspecified atom stereocenters. The summed E-state index contributed by atoms with van der Waals surface area (Å²) in [6.45, 7) is 7.13. The van der Waals surface area contributed by atoms with Crippen molar-refractivity contribution in [3.05, 3.63) is 0 Å². The van der Waals surface area contributed by atoms with Crippen molar-refractivity contribution in [1.82, 2.24) is 5.32 Å². The van der Waals surface area contributed by atoms with Gasteiger partial charge in [0.25, 0.3) is 0 Å². The van der Waals surface area contributed by atoms with Gasteiger partial charge in [0, 0.05) is 6.92 Å². The van der Waals surface area contributed by atoms with Gasteiger partial charge in [0.05, 0.1) is 13.2 Å². The second-order valence-corrected chi connectivity index (χ2v) is 7.31. The van der Waals surface area contributed by atoms with Crippen molar-refractivity contribution < 1.29 is 23.9 Å². The van der Waals surface area contributed by atoms with Crippen LogP contribution in [0.3, 0.4) is 0 Å². The maximum atomic E-state index is 12.5. The van der Waals surface area contributed by atoms with E-state index < -0.39 is 23.4 Å². The van der Waals surface area contributed by atoms with E-state index in [9.17, 15) is 14.4 Å². The van der Waals surface area contributed by atoms with Gasteiger partial charge in [0.1, 0.15) is 0 Å². The summed E-state index contributed by atoms with van der Waals surface area (Å²) in [5.41, 5.74) is -1.74. The number of carbonyl (C=O) groups excluding carboxylic acids is 3. The Balaban J connectivity index is 4.46. The molecule has 0 radical (unpaired) electrons. The number of esters is 2. The largest absolute Gasteiger partial charge is 0.464 e. The van der Waals surface area contributed by atoms with Crippen molar-refractivity contribution in [3.63, 3.8) is 0 Å². The van der Waals surface area contributed by atoms with Crippen molar-refractivity contribution in [3.8, 4) is 0 Å². The average Bonchev–Trinajstić information content (AvgIpc) is 2.65. The normalized spacial score (nSPS) is 11.1. The van der Waals surface area contributed by atoms with E-state index in [1.807, 2.05) is 0 Å². The number of nitrogens with one attached hydrogen (secondary N) is 1. The van der Waals surface area contributed by atoms with Gasteiger partial charge in [-0.05, 0) is 26.7 Å². The third kappa shape index (κ3) is 10.7. The third-order valence-electron chi connectivity index (χ3n) is 4.79. The fourth-order valence-corrected chi connectivity index (χ4v) is 3.32. The first-order valence-electron chi connectivity index (χ1n) is 11.1. The summed E-state index contributed by atoms with van der Waals surface area (Å²) in [6, 6.07) is 0. The summed E-state index contributed by atoms with van der Waals surface area (Å²) in [5, 5.41) is 2.51. The van der Waals surface area contributed by atoms with E-state index in [2.05, 4.69) is 12.2 Å². The molecule has 0 saturated heterocycles. The fraction of sp³-hybridized carbons (Fsp3) is 0.864. The summed E-state index contributed by atoms with van der Waals surface area (Å²) in [6.07, 6.45) is 13.0. The molecule has 0 fully saturated rings. The zero-order valence-electron chi connectivity index (χ0n) is 18.4.